The van der Waals surface area contributed by atoms with Gasteiger partial charge >= 0.3 is 0 Å². The van der Waals surface area contributed by atoms with Gasteiger partial charge in [-0.25, -0.2) is 4.98 Å². The monoisotopic (exact) mass is 485 g/mol. The molecular weight excluding hydrogens is 458 g/mol. The van der Waals surface area contributed by atoms with Crippen molar-refractivity contribution in [3.8, 4) is 6.07 Å². The van der Waals surface area contributed by atoms with E-state index in [1.807, 2.05) is 30.0 Å². The number of piperidine rings is 1. The van der Waals surface area contributed by atoms with Crippen LogP contribution in [0.1, 0.15) is 47.0 Å². The molecule has 0 unspecified atom stereocenters. The molecule has 3 aromatic heterocycles. The second kappa shape index (κ2) is 9.79. The number of fused-ring (bicyclic) bond motifs is 1. The molecule has 0 amide bonds. The van der Waals surface area contributed by atoms with Crippen LogP contribution in [0.4, 0.5) is 5.82 Å². The first-order valence-electron chi connectivity index (χ1n) is 12.0. The van der Waals surface area contributed by atoms with E-state index in [2.05, 4.69) is 16.2 Å². The molecular formula is C26H27N7O3. The first kappa shape index (κ1) is 23.5. The van der Waals surface area contributed by atoms with Crippen molar-refractivity contribution < 1.29 is 9.32 Å². The number of nitrogens with zero attached hydrogens (tertiary/aromatic N) is 6. The maximum atomic E-state index is 13.7. The van der Waals surface area contributed by atoms with Crippen LogP contribution in [-0.4, -0.2) is 44.2 Å². The molecule has 10 heteroatoms. The van der Waals surface area contributed by atoms with Gasteiger partial charge in [0.2, 0.25) is 0 Å². The van der Waals surface area contributed by atoms with Crippen molar-refractivity contribution in [1.29, 1.82) is 5.26 Å². The third-order valence-corrected chi connectivity index (χ3v) is 6.65. The second-order valence-corrected chi connectivity index (χ2v) is 9.08. The summed E-state index contributed by atoms with van der Waals surface area (Å²) in [7, 11) is 0. The Kier molecular flexibility index (Phi) is 6.40. The van der Waals surface area contributed by atoms with Crippen molar-refractivity contribution in [2.45, 2.75) is 45.3 Å². The molecule has 1 saturated heterocycles. The standard InChI is InChI=1S/C26H27N7O3/c1-2-17-5-3-6-18(11-17)22(34)15-32-16-29-23-21(12-27)25(31-10-4-7-19(28)13-31)33(24(23)26(32)35)14-20-8-9-30-36-20/h3,5-6,8-9,11,16,19H,2,4,7,10,13-15,28H2,1H3/t19-/m1/s1. The number of ketones is 1. The highest BCUT2D eigenvalue weighted by Crippen LogP contribution is 2.32. The number of hydrogen-bond donors (Lipinski definition) is 1. The molecule has 4 heterocycles. The van der Waals surface area contributed by atoms with Crippen molar-refractivity contribution in [2.75, 3.05) is 18.0 Å². The molecule has 0 radical (unpaired) electrons. The van der Waals surface area contributed by atoms with Crippen LogP contribution < -0.4 is 16.2 Å². The van der Waals surface area contributed by atoms with Gasteiger partial charge in [0.15, 0.2) is 11.5 Å². The lowest BCUT2D eigenvalue weighted by molar-refractivity contribution is 0.0970. The van der Waals surface area contributed by atoms with Gasteiger partial charge < -0.3 is 19.7 Å². The van der Waals surface area contributed by atoms with E-state index in [-0.39, 0.29) is 30.4 Å². The number of nitrogens with two attached hydrogens (primary N) is 1. The first-order chi connectivity index (χ1) is 17.5. The number of nitriles is 1. The van der Waals surface area contributed by atoms with E-state index in [0.717, 1.165) is 24.8 Å². The van der Waals surface area contributed by atoms with E-state index in [4.69, 9.17) is 10.3 Å². The lowest BCUT2D eigenvalue weighted by atomic mass is 10.1. The van der Waals surface area contributed by atoms with Crippen LogP contribution in [0.5, 0.6) is 0 Å². The van der Waals surface area contributed by atoms with Crippen molar-refractivity contribution >= 4 is 22.6 Å². The zero-order chi connectivity index (χ0) is 25.2. The Bertz CT molecular complexity index is 1510. The predicted molar refractivity (Wildman–Crippen MR) is 134 cm³/mol. The van der Waals surface area contributed by atoms with Gasteiger partial charge in [-0.05, 0) is 30.9 Å². The highest BCUT2D eigenvalue weighted by molar-refractivity contribution is 5.96. The normalized spacial score (nSPS) is 15.8. The van der Waals surface area contributed by atoms with Gasteiger partial charge in [0, 0.05) is 30.8 Å². The Morgan fingerprint density at radius 3 is 2.92 bits per heavy atom. The Balaban J connectivity index is 1.63. The molecule has 0 saturated carbocycles. The molecule has 2 N–H and O–H groups in total. The van der Waals surface area contributed by atoms with Crippen LogP contribution in [-0.2, 0) is 19.5 Å². The number of rotatable bonds is 7. The fraction of sp³-hybridized carbons (Fsp3) is 0.346. The summed E-state index contributed by atoms with van der Waals surface area (Å²) >= 11 is 0. The van der Waals surface area contributed by atoms with Gasteiger partial charge in [0.25, 0.3) is 5.56 Å². The number of benzene rings is 1. The molecule has 184 valence electrons. The van der Waals surface area contributed by atoms with Crippen molar-refractivity contribution in [3.05, 3.63) is 75.7 Å². The van der Waals surface area contributed by atoms with E-state index in [9.17, 15) is 14.9 Å². The lowest BCUT2D eigenvalue weighted by Crippen LogP contribution is -2.44. The third kappa shape index (κ3) is 4.29. The number of anilines is 1. The van der Waals surface area contributed by atoms with E-state index in [1.54, 1.807) is 16.7 Å². The summed E-state index contributed by atoms with van der Waals surface area (Å²) in [5.41, 5.74) is 8.28. The molecule has 1 fully saturated rings. The molecule has 1 aliphatic rings. The Morgan fingerprint density at radius 2 is 2.19 bits per heavy atom. The minimum Gasteiger partial charge on any atom is -0.359 e. The van der Waals surface area contributed by atoms with Crippen molar-refractivity contribution in [1.82, 2.24) is 19.3 Å². The Hall–Kier alpha value is -4.23. The van der Waals surface area contributed by atoms with Gasteiger partial charge in [-0.15, -0.1) is 0 Å². The summed E-state index contributed by atoms with van der Waals surface area (Å²) in [5.74, 6) is 0.925. The summed E-state index contributed by atoms with van der Waals surface area (Å²) in [6.45, 7) is 3.31. The Labute approximate surface area is 207 Å². The molecule has 0 spiro atoms. The van der Waals surface area contributed by atoms with Crippen LogP contribution in [0.3, 0.4) is 0 Å². The zero-order valence-electron chi connectivity index (χ0n) is 20.1. The largest absolute Gasteiger partial charge is 0.359 e. The van der Waals surface area contributed by atoms with Crippen molar-refractivity contribution in [2.24, 2.45) is 5.73 Å². The Morgan fingerprint density at radius 1 is 1.33 bits per heavy atom. The average Bonchev–Trinajstić information content (AvgIpc) is 3.52. The molecule has 10 nitrogen and oxygen atoms in total. The maximum Gasteiger partial charge on any atom is 0.278 e. The molecule has 36 heavy (non-hydrogen) atoms. The van der Waals surface area contributed by atoms with Crippen LogP contribution in [0.15, 0.2) is 52.2 Å². The zero-order valence-corrected chi connectivity index (χ0v) is 20.1. The third-order valence-electron chi connectivity index (χ3n) is 6.65. The van der Waals surface area contributed by atoms with Crippen molar-refractivity contribution in [3.63, 3.8) is 0 Å². The smallest absolute Gasteiger partial charge is 0.278 e. The molecule has 4 aromatic rings. The SMILES string of the molecule is CCc1cccc(C(=O)Cn2cnc3c(C#N)c(N4CCC[C@@H](N)C4)n(Cc4ccno4)c3c2=O)c1. The topological polar surface area (TPSA) is 136 Å². The fourth-order valence-corrected chi connectivity index (χ4v) is 4.84. The quantitative estimate of drug-likeness (QED) is 0.394. The van der Waals surface area contributed by atoms with E-state index in [1.165, 1.54) is 17.1 Å². The van der Waals surface area contributed by atoms with Gasteiger partial charge in [0.05, 0.1) is 25.6 Å². The lowest BCUT2D eigenvalue weighted by Gasteiger charge is -2.33. The molecule has 5 rings (SSSR count). The summed E-state index contributed by atoms with van der Waals surface area (Å²) in [6.07, 6.45) is 5.45. The summed E-state index contributed by atoms with van der Waals surface area (Å²) in [4.78, 5) is 33.3. The van der Waals surface area contributed by atoms with E-state index < -0.39 is 5.56 Å². The van der Waals surface area contributed by atoms with E-state index >= 15 is 0 Å². The number of aromatic nitrogens is 4. The van der Waals surface area contributed by atoms with Gasteiger partial charge in [-0.2, -0.15) is 5.26 Å². The molecule has 1 aliphatic heterocycles. The van der Waals surface area contributed by atoms with Gasteiger partial charge in [0.1, 0.15) is 28.5 Å². The number of carbonyl (C=O) groups is 1. The van der Waals surface area contributed by atoms with Crippen LogP contribution in [0.25, 0.3) is 11.0 Å². The van der Waals surface area contributed by atoms with E-state index in [0.29, 0.717) is 41.3 Å². The highest BCUT2D eigenvalue weighted by Gasteiger charge is 2.29. The minimum atomic E-state index is -0.399. The van der Waals surface area contributed by atoms with Gasteiger partial charge in [-0.1, -0.05) is 30.3 Å². The minimum absolute atomic E-state index is 0.0387. The molecule has 1 aromatic carbocycles. The number of hydrogen-bond acceptors (Lipinski definition) is 8. The average molecular weight is 486 g/mol. The highest BCUT2D eigenvalue weighted by atomic mass is 16.5. The van der Waals surface area contributed by atoms with Crippen LogP contribution in [0, 0.1) is 11.3 Å². The summed E-state index contributed by atoms with van der Waals surface area (Å²) < 4.78 is 8.38. The number of carbonyl (C=O) groups excluding carboxylic acids is 1. The maximum absolute atomic E-state index is 13.7. The van der Waals surface area contributed by atoms with Crippen LogP contribution >= 0.6 is 0 Å². The van der Waals surface area contributed by atoms with Crippen LogP contribution in [0.2, 0.25) is 0 Å². The molecule has 0 aliphatic carbocycles. The molecule has 1 atom stereocenters. The number of aryl methyl sites for hydroxylation is 1. The molecule has 0 bridgehead atoms. The summed E-state index contributed by atoms with van der Waals surface area (Å²) in [6, 6.07) is 11.3. The summed E-state index contributed by atoms with van der Waals surface area (Å²) in [5, 5.41) is 13.9. The fourth-order valence-electron chi connectivity index (χ4n) is 4.84. The second-order valence-electron chi connectivity index (χ2n) is 9.08. The number of Topliss-reactive ketones (excluding diaryl/α,β-unsaturated/α-hetero) is 1. The van der Waals surface area contributed by atoms with Gasteiger partial charge in [-0.3, -0.25) is 14.2 Å². The predicted octanol–water partition coefficient (Wildman–Crippen LogP) is 2.48. The first-order valence-corrected chi connectivity index (χ1v) is 12.0.